The molecule has 0 aliphatic carbocycles. The number of hydrogen-bond donors (Lipinski definition) is 2. The van der Waals surface area contributed by atoms with E-state index in [0.29, 0.717) is 17.3 Å². The van der Waals surface area contributed by atoms with Crippen LogP contribution in [0, 0.1) is 0 Å². The van der Waals surface area contributed by atoms with Gasteiger partial charge in [-0.15, -0.1) is 0 Å². The summed E-state index contributed by atoms with van der Waals surface area (Å²) in [5.41, 5.74) is 0. The van der Waals surface area contributed by atoms with Crippen LogP contribution in [0.3, 0.4) is 0 Å². The summed E-state index contributed by atoms with van der Waals surface area (Å²) in [6.07, 6.45) is 1.05. The molecule has 21 heavy (non-hydrogen) atoms. The third-order valence-corrected chi connectivity index (χ3v) is 2.98. The fraction of sp³-hybridized carbons (Fsp3) is 0.467. The maximum Gasteiger partial charge on any atom is 0.242 e. The smallest absolute Gasteiger partial charge is 0.242 e. The van der Waals surface area contributed by atoms with E-state index in [1.54, 1.807) is 31.2 Å². The quantitative estimate of drug-likeness (QED) is 0.773. The van der Waals surface area contributed by atoms with E-state index < -0.39 is 6.04 Å². The van der Waals surface area contributed by atoms with Crippen molar-refractivity contribution in [2.45, 2.75) is 32.7 Å². The molecule has 0 heterocycles. The van der Waals surface area contributed by atoms with Crippen molar-refractivity contribution in [3.63, 3.8) is 0 Å². The van der Waals surface area contributed by atoms with Gasteiger partial charge in [-0.3, -0.25) is 9.59 Å². The van der Waals surface area contributed by atoms with Gasteiger partial charge < -0.3 is 15.4 Å². The summed E-state index contributed by atoms with van der Waals surface area (Å²) >= 11 is 5.76. The van der Waals surface area contributed by atoms with Crippen LogP contribution in [0.25, 0.3) is 0 Å². The summed E-state index contributed by atoms with van der Waals surface area (Å²) in [6.45, 7) is 4.48. The monoisotopic (exact) mass is 312 g/mol. The van der Waals surface area contributed by atoms with Crippen LogP contribution < -0.4 is 15.4 Å². The zero-order chi connectivity index (χ0) is 15.7. The first kappa shape index (κ1) is 17.3. The minimum Gasteiger partial charge on any atom is -0.493 e. The van der Waals surface area contributed by atoms with Crippen LogP contribution in [-0.2, 0) is 9.59 Å². The van der Waals surface area contributed by atoms with Crippen LogP contribution in [-0.4, -0.2) is 31.0 Å². The third-order valence-electron chi connectivity index (χ3n) is 2.73. The zero-order valence-electron chi connectivity index (χ0n) is 12.3. The van der Waals surface area contributed by atoms with Crippen molar-refractivity contribution in [3.05, 3.63) is 29.3 Å². The summed E-state index contributed by atoms with van der Waals surface area (Å²) < 4.78 is 5.42. The van der Waals surface area contributed by atoms with Gasteiger partial charge in [0.2, 0.25) is 11.8 Å². The number of amides is 2. The minimum atomic E-state index is -0.542. The molecule has 1 rings (SSSR count). The van der Waals surface area contributed by atoms with Crippen LogP contribution in [0.2, 0.25) is 5.02 Å². The molecule has 116 valence electrons. The standard InChI is InChI=1S/C15H21ClN2O3/c1-3-9-17-15(20)11(2)18-14(19)8-10-21-13-6-4-12(16)5-7-13/h4-7,11H,3,8-10H2,1-2H3,(H,17,20)(H,18,19)/t11-/m0/s1. The van der Waals surface area contributed by atoms with Crippen molar-refractivity contribution >= 4 is 23.4 Å². The van der Waals surface area contributed by atoms with Gasteiger partial charge in [-0.05, 0) is 37.6 Å². The molecule has 0 saturated carbocycles. The fourth-order valence-corrected chi connectivity index (χ4v) is 1.70. The summed E-state index contributed by atoms with van der Waals surface area (Å²) in [4.78, 5) is 23.3. The average Bonchev–Trinajstić information content (AvgIpc) is 2.46. The molecule has 6 heteroatoms. The van der Waals surface area contributed by atoms with Crippen molar-refractivity contribution in [1.82, 2.24) is 10.6 Å². The Morgan fingerprint density at radius 2 is 1.95 bits per heavy atom. The van der Waals surface area contributed by atoms with Gasteiger partial charge in [-0.2, -0.15) is 0 Å². The van der Waals surface area contributed by atoms with Crippen molar-refractivity contribution in [2.75, 3.05) is 13.2 Å². The summed E-state index contributed by atoms with van der Waals surface area (Å²) in [5.74, 6) is 0.257. The highest BCUT2D eigenvalue weighted by Crippen LogP contribution is 2.15. The van der Waals surface area contributed by atoms with Crippen LogP contribution >= 0.6 is 11.6 Å². The molecule has 2 amide bonds. The molecule has 0 spiro atoms. The van der Waals surface area contributed by atoms with Crippen LogP contribution in [0.4, 0.5) is 0 Å². The van der Waals surface area contributed by atoms with Crippen molar-refractivity contribution in [1.29, 1.82) is 0 Å². The van der Waals surface area contributed by atoms with E-state index in [9.17, 15) is 9.59 Å². The summed E-state index contributed by atoms with van der Waals surface area (Å²) in [6, 6.07) is 6.37. The molecule has 0 bridgehead atoms. The van der Waals surface area contributed by atoms with Crippen LogP contribution in [0.1, 0.15) is 26.7 Å². The molecule has 0 aliphatic rings. The Labute approximate surface area is 130 Å². The Hall–Kier alpha value is -1.75. The van der Waals surface area contributed by atoms with E-state index in [4.69, 9.17) is 16.3 Å². The van der Waals surface area contributed by atoms with Crippen molar-refractivity contribution in [2.24, 2.45) is 0 Å². The second-order valence-electron chi connectivity index (χ2n) is 4.63. The topological polar surface area (TPSA) is 67.4 Å². The average molecular weight is 313 g/mol. The second-order valence-corrected chi connectivity index (χ2v) is 5.07. The lowest BCUT2D eigenvalue weighted by molar-refractivity contribution is -0.128. The molecule has 1 aromatic rings. The van der Waals surface area contributed by atoms with Crippen LogP contribution in [0.5, 0.6) is 5.75 Å². The largest absolute Gasteiger partial charge is 0.493 e. The highest BCUT2D eigenvalue weighted by molar-refractivity contribution is 6.30. The zero-order valence-corrected chi connectivity index (χ0v) is 13.1. The van der Waals surface area contributed by atoms with E-state index in [2.05, 4.69) is 10.6 Å². The molecule has 1 aromatic carbocycles. The first-order valence-electron chi connectivity index (χ1n) is 6.98. The van der Waals surface area contributed by atoms with Gasteiger partial charge in [0.05, 0.1) is 13.0 Å². The Morgan fingerprint density at radius 1 is 1.29 bits per heavy atom. The number of benzene rings is 1. The van der Waals surface area contributed by atoms with Gasteiger partial charge in [0, 0.05) is 11.6 Å². The fourth-order valence-electron chi connectivity index (χ4n) is 1.57. The summed E-state index contributed by atoms with van der Waals surface area (Å²) in [7, 11) is 0. The molecule has 0 radical (unpaired) electrons. The molecular weight excluding hydrogens is 292 g/mol. The molecule has 0 unspecified atom stereocenters. The predicted molar refractivity (Wildman–Crippen MR) is 82.5 cm³/mol. The Kier molecular flexibility index (Phi) is 7.61. The maximum absolute atomic E-state index is 11.7. The number of carbonyl (C=O) groups is 2. The molecule has 0 aromatic heterocycles. The van der Waals surface area contributed by atoms with Crippen molar-refractivity contribution in [3.8, 4) is 5.75 Å². The second kappa shape index (κ2) is 9.23. The van der Waals surface area contributed by atoms with E-state index >= 15 is 0 Å². The molecule has 1 atom stereocenters. The minimum absolute atomic E-state index is 0.177. The molecular formula is C15H21ClN2O3. The van der Waals surface area contributed by atoms with Gasteiger partial charge in [-0.1, -0.05) is 18.5 Å². The Balaban J connectivity index is 2.24. The van der Waals surface area contributed by atoms with Crippen molar-refractivity contribution < 1.29 is 14.3 Å². The molecule has 0 fully saturated rings. The number of carbonyl (C=O) groups excluding carboxylic acids is 2. The molecule has 0 saturated heterocycles. The van der Waals surface area contributed by atoms with Crippen LogP contribution in [0.15, 0.2) is 24.3 Å². The van der Waals surface area contributed by atoms with E-state index in [1.807, 2.05) is 6.92 Å². The number of nitrogens with one attached hydrogen (secondary N) is 2. The predicted octanol–water partition coefficient (Wildman–Crippen LogP) is 2.14. The van der Waals surface area contributed by atoms with Gasteiger partial charge in [-0.25, -0.2) is 0 Å². The Morgan fingerprint density at radius 3 is 2.57 bits per heavy atom. The first-order valence-corrected chi connectivity index (χ1v) is 7.36. The first-order chi connectivity index (χ1) is 10.0. The number of rotatable bonds is 8. The SMILES string of the molecule is CCCNC(=O)[C@H](C)NC(=O)CCOc1ccc(Cl)cc1. The van der Waals surface area contributed by atoms with Gasteiger partial charge >= 0.3 is 0 Å². The van der Waals surface area contributed by atoms with Gasteiger partial charge in [0.25, 0.3) is 0 Å². The normalized spacial score (nSPS) is 11.6. The van der Waals surface area contributed by atoms with Gasteiger partial charge in [0.15, 0.2) is 0 Å². The molecule has 2 N–H and O–H groups in total. The number of ether oxygens (including phenoxy) is 1. The highest BCUT2D eigenvalue weighted by atomic mass is 35.5. The van der Waals surface area contributed by atoms with E-state index in [-0.39, 0.29) is 24.8 Å². The Bertz CT molecular complexity index is 462. The van der Waals surface area contributed by atoms with Gasteiger partial charge in [0.1, 0.15) is 11.8 Å². The number of hydrogen-bond acceptors (Lipinski definition) is 3. The summed E-state index contributed by atoms with van der Waals surface area (Å²) in [5, 5.41) is 5.99. The number of halogens is 1. The molecule has 5 nitrogen and oxygen atoms in total. The lowest BCUT2D eigenvalue weighted by Crippen LogP contribution is -2.45. The lowest BCUT2D eigenvalue weighted by Gasteiger charge is -2.14. The highest BCUT2D eigenvalue weighted by Gasteiger charge is 2.14. The van der Waals surface area contributed by atoms with E-state index in [1.165, 1.54) is 0 Å². The lowest BCUT2D eigenvalue weighted by atomic mass is 10.3. The molecule has 0 aliphatic heterocycles. The van der Waals surface area contributed by atoms with E-state index in [0.717, 1.165) is 6.42 Å². The maximum atomic E-state index is 11.7. The third kappa shape index (κ3) is 6.99.